The number of aromatic nitrogens is 3. The Morgan fingerprint density at radius 2 is 2.38 bits per heavy atom. The number of ether oxygens (including phenoxy) is 1. The van der Waals surface area contributed by atoms with E-state index in [9.17, 15) is 0 Å². The smallest absolute Gasteiger partial charge is 0.0897 e. The second kappa shape index (κ2) is 7.01. The van der Waals surface area contributed by atoms with E-state index in [1.807, 2.05) is 6.20 Å². The van der Waals surface area contributed by atoms with Crippen molar-refractivity contribution in [2.24, 2.45) is 5.92 Å². The Balaban J connectivity index is 1.43. The summed E-state index contributed by atoms with van der Waals surface area (Å²) in [5.41, 5.74) is 3.62. The second-order valence-corrected chi connectivity index (χ2v) is 7.59. The van der Waals surface area contributed by atoms with Crippen molar-refractivity contribution in [1.82, 2.24) is 20.1 Å². The van der Waals surface area contributed by atoms with Crippen molar-refractivity contribution in [3.05, 3.63) is 46.0 Å². The number of nitrogens with one attached hydrogen (secondary N) is 1. The molecule has 2 aromatic heterocycles. The standard InChI is InChI=1S/C18H22N4OS/c1-13-20-17(12-24-13)10-22-4-5-23-11-15(9-22)6-14-2-3-18-16(7-14)8-19-21-18/h2-3,7-8,12,15H,4-6,9-11H2,1H3,(H,19,21). The molecule has 0 saturated carbocycles. The van der Waals surface area contributed by atoms with Gasteiger partial charge in [-0.1, -0.05) is 6.07 Å². The van der Waals surface area contributed by atoms with Crippen LogP contribution in [0.1, 0.15) is 16.3 Å². The van der Waals surface area contributed by atoms with Gasteiger partial charge in [-0.25, -0.2) is 4.98 Å². The number of fused-ring (bicyclic) bond motifs is 1. The number of aromatic amines is 1. The van der Waals surface area contributed by atoms with Crippen LogP contribution < -0.4 is 0 Å². The van der Waals surface area contributed by atoms with Crippen molar-refractivity contribution >= 4 is 22.2 Å². The van der Waals surface area contributed by atoms with E-state index in [1.54, 1.807) is 11.3 Å². The van der Waals surface area contributed by atoms with Crippen LogP contribution in [0, 0.1) is 12.8 Å². The van der Waals surface area contributed by atoms with Gasteiger partial charge in [0.05, 0.1) is 35.6 Å². The Kier molecular flexibility index (Phi) is 4.60. The molecule has 0 amide bonds. The summed E-state index contributed by atoms with van der Waals surface area (Å²) in [4.78, 5) is 7.07. The molecule has 1 fully saturated rings. The first-order chi connectivity index (χ1) is 11.8. The quantitative estimate of drug-likeness (QED) is 0.792. The van der Waals surface area contributed by atoms with E-state index in [-0.39, 0.29) is 0 Å². The average molecular weight is 342 g/mol. The van der Waals surface area contributed by atoms with Gasteiger partial charge in [-0.15, -0.1) is 11.3 Å². The topological polar surface area (TPSA) is 54.0 Å². The highest BCUT2D eigenvalue weighted by atomic mass is 32.1. The van der Waals surface area contributed by atoms with Gasteiger partial charge in [-0.05, 0) is 37.0 Å². The normalized spacial score (nSPS) is 19.6. The van der Waals surface area contributed by atoms with Gasteiger partial charge in [-0.2, -0.15) is 5.10 Å². The van der Waals surface area contributed by atoms with Crippen molar-refractivity contribution in [3.63, 3.8) is 0 Å². The van der Waals surface area contributed by atoms with Gasteiger partial charge in [-0.3, -0.25) is 10.00 Å². The maximum atomic E-state index is 5.85. The van der Waals surface area contributed by atoms with Gasteiger partial charge in [0.1, 0.15) is 0 Å². The molecule has 0 radical (unpaired) electrons. The monoisotopic (exact) mass is 342 g/mol. The molecule has 1 saturated heterocycles. The first-order valence-corrected chi connectivity index (χ1v) is 9.27. The van der Waals surface area contributed by atoms with Crippen LogP contribution in [0.2, 0.25) is 0 Å². The number of nitrogens with zero attached hydrogens (tertiary/aromatic N) is 3. The Hall–Kier alpha value is -1.76. The van der Waals surface area contributed by atoms with Crippen molar-refractivity contribution < 1.29 is 4.74 Å². The first-order valence-electron chi connectivity index (χ1n) is 8.39. The van der Waals surface area contributed by atoms with Crippen LogP contribution in [-0.2, 0) is 17.7 Å². The molecule has 3 heterocycles. The van der Waals surface area contributed by atoms with Gasteiger partial charge in [0, 0.05) is 30.4 Å². The Morgan fingerprint density at radius 3 is 3.25 bits per heavy atom. The summed E-state index contributed by atoms with van der Waals surface area (Å²) in [6.07, 6.45) is 2.92. The van der Waals surface area contributed by atoms with Gasteiger partial charge < -0.3 is 4.74 Å². The molecule has 1 atom stereocenters. The molecule has 4 rings (SSSR count). The summed E-state index contributed by atoms with van der Waals surface area (Å²) in [6, 6.07) is 6.54. The minimum Gasteiger partial charge on any atom is -0.380 e. The fourth-order valence-corrected chi connectivity index (χ4v) is 3.99. The maximum absolute atomic E-state index is 5.85. The first kappa shape index (κ1) is 15.7. The molecule has 1 unspecified atom stereocenters. The molecule has 1 N–H and O–H groups in total. The van der Waals surface area contributed by atoms with Gasteiger partial charge >= 0.3 is 0 Å². The lowest BCUT2D eigenvalue weighted by Crippen LogP contribution is -2.30. The lowest BCUT2D eigenvalue weighted by atomic mass is 9.98. The Morgan fingerprint density at radius 1 is 1.42 bits per heavy atom. The molecule has 1 aromatic carbocycles. The third kappa shape index (κ3) is 3.66. The zero-order chi connectivity index (χ0) is 16.4. The van der Waals surface area contributed by atoms with E-state index in [1.165, 1.54) is 16.6 Å². The third-order valence-electron chi connectivity index (χ3n) is 4.50. The number of thiazole rings is 1. The summed E-state index contributed by atoms with van der Waals surface area (Å²) in [6.45, 7) is 6.66. The maximum Gasteiger partial charge on any atom is 0.0897 e. The molecule has 126 valence electrons. The molecule has 3 aromatic rings. The van der Waals surface area contributed by atoms with E-state index in [0.29, 0.717) is 5.92 Å². The van der Waals surface area contributed by atoms with Crippen LogP contribution in [0.3, 0.4) is 0 Å². The minimum absolute atomic E-state index is 0.511. The molecule has 5 nitrogen and oxygen atoms in total. The third-order valence-corrected chi connectivity index (χ3v) is 5.33. The number of hydrogen-bond donors (Lipinski definition) is 1. The van der Waals surface area contributed by atoms with Crippen LogP contribution in [0.4, 0.5) is 0 Å². The van der Waals surface area contributed by atoms with Crippen molar-refractivity contribution in [2.45, 2.75) is 19.9 Å². The summed E-state index contributed by atoms with van der Waals surface area (Å²) >= 11 is 1.73. The number of hydrogen-bond acceptors (Lipinski definition) is 5. The van der Waals surface area contributed by atoms with Crippen LogP contribution in [0.25, 0.3) is 10.9 Å². The highest BCUT2D eigenvalue weighted by molar-refractivity contribution is 7.09. The van der Waals surface area contributed by atoms with Crippen LogP contribution in [0.15, 0.2) is 29.8 Å². The molecular weight excluding hydrogens is 320 g/mol. The summed E-state index contributed by atoms with van der Waals surface area (Å²) < 4.78 is 5.85. The van der Waals surface area contributed by atoms with Crippen LogP contribution in [-0.4, -0.2) is 46.4 Å². The van der Waals surface area contributed by atoms with Crippen molar-refractivity contribution in [1.29, 1.82) is 0 Å². The van der Waals surface area contributed by atoms with E-state index >= 15 is 0 Å². The molecule has 0 spiro atoms. The number of rotatable bonds is 4. The number of H-pyrrole nitrogens is 1. The molecular formula is C18H22N4OS. The van der Waals surface area contributed by atoms with Crippen LogP contribution in [0.5, 0.6) is 0 Å². The minimum atomic E-state index is 0.511. The lowest BCUT2D eigenvalue weighted by Gasteiger charge is -2.22. The van der Waals surface area contributed by atoms with E-state index in [2.05, 4.69) is 50.6 Å². The zero-order valence-corrected chi connectivity index (χ0v) is 14.7. The highest BCUT2D eigenvalue weighted by Gasteiger charge is 2.20. The predicted octanol–water partition coefficient (Wildman–Crippen LogP) is 3.02. The fraction of sp³-hybridized carbons (Fsp3) is 0.444. The van der Waals surface area contributed by atoms with E-state index in [0.717, 1.165) is 49.8 Å². The van der Waals surface area contributed by atoms with E-state index in [4.69, 9.17) is 4.74 Å². The highest BCUT2D eigenvalue weighted by Crippen LogP contribution is 2.19. The van der Waals surface area contributed by atoms with Gasteiger partial charge in [0.15, 0.2) is 0 Å². The van der Waals surface area contributed by atoms with Crippen LogP contribution >= 0.6 is 11.3 Å². The second-order valence-electron chi connectivity index (χ2n) is 6.53. The molecule has 0 aliphatic carbocycles. The molecule has 6 heteroatoms. The van der Waals surface area contributed by atoms with E-state index < -0.39 is 0 Å². The fourth-order valence-electron chi connectivity index (χ4n) is 3.38. The number of benzene rings is 1. The van der Waals surface area contributed by atoms with Crippen molar-refractivity contribution in [3.8, 4) is 0 Å². The van der Waals surface area contributed by atoms with Crippen molar-refractivity contribution in [2.75, 3.05) is 26.3 Å². The number of aryl methyl sites for hydroxylation is 1. The SMILES string of the molecule is Cc1nc(CN2CCOCC(Cc3ccc4[nH]ncc4c3)C2)cs1. The Labute approximate surface area is 145 Å². The van der Waals surface area contributed by atoms with Gasteiger partial charge in [0.25, 0.3) is 0 Å². The molecule has 1 aliphatic rings. The van der Waals surface area contributed by atoms with Gasteiger partial charge in [0.2, 0.25) is 0 Å². The molecule has 0 bridgehead atoms. The largest absolute Gasteiger partial charge is 0.380 e. The average Bonchev–Trinajstić information content (AvgIpc) is 3.13. The lowest BCUT2D eigenvalue weighted by molar-refractivity contribution is 0.121. The molecule has 1 aliphatic heterocycles. The molecule has 24 heavy (non-hydrogen) atoms. The Bertz CT molecular complexity index is 812. The summed E-state index contributed by atoms with van der Waals surface area (Å²) in [7, 11) is 0. The zero-order valence-electron chi connectivity index (χ0n) is 13.9. The predicted molar refractivity (Wildman–Crippen MR) is 96.2 cm³/mol. The summed E-state index contributed by atoms with van der Waals surface area (Å²) in [5, 5.41) is 11.6. The summed E-state index contributed by atoms with van der Waals surface area (Å²) in [5.74, 6) is 0.511.